The number of carbonyl (C=O) groups is 1. The molecule has 1 aromatic rings. The molecule has 0 fully saturated rings. The maximum absolute atomic E-state index is 11.1. The van der Waals surface area contributed by atoms with Crippen molar-refractivity contribution in [1.29, 1.82) is 0 Å². The monoisotopic (exact) mass is 234 g/mol. The summed E-state index contributed by atoms with van der Waals surface area (Å²) in [5.74, 6) is 0.569. The lowest BCUT2D eigenvalue weighted by atomic mass is 9.99. The van der Waals surface area contributed by atoms with Gasteiger partial charge >= 0.3 is 0 Å². The lowest BCUT2D eigenvalue weighted by Gasteiger charge is -2.14. The van der Waals surface area contributed by atoms with Crippen LogP contribution in [0.5, 0.6) is 0 Å². The average Bonchev–Trinajstić information content (AvgIpc) is 2.35. The molecule has 0 aliphatic rings. The topological polar surface area (TPSA) is 55.1 Å². The van der Waals surface area contributed by atoms with E-state index in [2.05, 4.69) is 31.3 Å². The Labute approximate surface area is 103 Å². The quantitative estimate of drug-likeness (QED) is 0.821. The minimum atomic E-state index is -0.133. The fraction of sp³-hybridized carbons (Fsp3) is 0.500. The third kappa shape index (κ3) is 4.19. The number of rotatable bonds is 5. The minimum absolute atomic E-state index is 0.0410. The second-order valence-corrected chi connectivity index (χ2v) is 4.59. The summed E-state index contributed by atoms with van der Waals surface area (Å²) in [6, 6.07) is 8.14. The Morgan fingerprint density at radius 2 is 1.76 bits per heavy atom. The van der Waals surface area contributed by atoms with Gasteiger partial charge < -0.3 is 11.1 Å². The van der Waals surface area contributed by atoms with E-state index in [1.807, 2.05) is 19.1 Å². The molecule has 0 saturated heterocycles. The summed E-state index contributed by atoms with van der Waals surface area (Å²) < 4.78 is 0. The van der Waals surface area contributed by atoms with Crippen molar-refractivity contribution in [3.8, 4) is 0 Å². The lowest BCUT2D eigenvalue weighted by molar-refractivity contribution is -0.120. The van der Waals surface area contributed by atoms with Crippen molar-refractivity contribution in [2.75, 3.05) is 6.54 Å². The predicted octanol–water partition coefficient (Wildman–Crippen LogP) is 2.34. The first kappa shape index (κ1) is 13.7. The van der Waals surface area contributed by atoms with Crippen LogP contribution >= 0.6 is 0 Å². The van der Waals surface area contributed by atoms with Crippen LogP contribution in [0.3, 0.4) is 0 Å². The van der Waals surface area contributed by atoms with Crippen molar-refractivity contribution in [3.63, 3.8) is 0 Å². The Balaban J connectivity index is 2.57. The Morgan fingerprint density at radius 1 is 1.24 bits per heavy atom. The van der Waals surface area contributed by atoms with Gasteiger partial charge in [0.05, 0.1) is 0 Å². The summed E-state index contributed by atoms with van der Waals surface area (Å²) in [7, 11) is 0. The molecule has 1 rings (SSSR count). The smallest absolute Gasteiger partial charge is 0.219 e. The first-order chi connectivity index (χ1) is 8.04. The van der Waals surface area contributed by atoms with Gasteiger partial charge in [-0.2, -0.15) is 0 Å². The van der Waals surface area contributed by atoms with Crippen LogP contribution in [0.25, 0.3) is 0 Å². The van der Waals surface area contributed by atoms with Crippen molar-refractivity contribution in [3.05, 3.63) is 35.4 Å². The van der Waals surface area contributed by atoms with Crippen LogP contribution in [-0.4, -0.2) is 12.5 Å². The highest BCUT2D eigenvalue weighted by Gasteiger charge is 2.07. The standard InChI is InChI=1S/C14H22N2O/c1-4-14(17)16-9-13(15)12-7-5-11(6-8-12)10(2)3/h5-8,10,13H,4,9,15H2,1-3H3,(H,16,17). The number of amides is 1. The number of hydrogen-bond acceptors (Lipinski definition) is 2. The number of benzene rings is 1. The molecule has 0 saturated carbocycles. The maximum atomic E-state index is 11.1. The summed E-state index contributed by atoms with van der Waals surface area (Å²) >= 11 is 0. The van der Waals surface area contributed by atoms with E-state index in [-0.39, 0.29) is 11.9 Å². The molecule has 0 heterocycles. The van der Waals surface area contributed by atoms with Gasteiger partial charge in [0.1, 0.15) is 0 Å². The fourth-order valence-electron chi connectivity index (χ4n) is 1.59. The van der Waals surface area contributed by atoms with Crippen molar-refractivity contribution in [1.82, 2.24) is 5.32 Å². The van der Waals surface area contributed by atoms with Crippen LogP contribution in [0.4, 0.5) is 0 Å². The number of nitrogens with one attached hydrogen (secondary N) is 1. The first-order valence-electron chi connectivity index (χ1n) is 6.16. The third-order valence-electron chi connectivity index (χ3n) is 2.87. The summed E-state index contributed by atoms with van der Waals surface area (Å²) in [4.78, 5) is 11.1. The molecule has 0 aliphatic carbocycles. The molecule has 3 heteroatoms. The van der Waals surface area contributed by atoms with E-state index >= 15 is 0 Å². The zero-order valence-corrected chi connectivity index (χ0v) is 10.9. The number of hydrogen-bond donors (Lipinski definition) is 2. The molecular weight excluding hydrogens is 212 g/mol. The Kier molecular flexibility index (Phi) is 5.16. The van der Waals surface area contributed by atoms with Gasteiger partial charge in [-0.05, 0) is 17.0 Å². The van der Waals surface area contributed by atoms with E-state index in [0.29, 0.717) is 18.9 Å². The highest BCUT2D eigenvalue weighted by Crippen LogP contribution is 2.17. The van der Waals surface area contributed by atoms with E-state index in [4.69, 9.17) is 5.73 Å². The summed E-state index contributed by atoms with van der Waals surface area (Å²) in [6.45, 7) is 6.65. The zero-order chi connectivity index (χ0) is 12.8. The largest absolute Gasteiger partial charge is 0.354 e. The molecule has 1 amide bonds. The van der Waals surface area contributed by atoms with Crippen molar-refractivity contribution in [2.24, 2.45) is 5.73 Å². The molecule has 0 aliphatic heterocycles. The summed E-state index contributed by atoms with van der Waals surface area (Å²) in [5.41, 5.74) is 8.37. The van der Waals surface area contributed by atoms with Gasteiger partial charge in [-0.15, -0.1) is 0 Å². The molecule has 1 atom stereocenters. The molecule has 94 valence electrons. The van der Waals surface area contributed by atoms with Crippen LogP contribution in [0.15, 0.2) is 24.3 Å². The average molecular weight is 234 g/mol. The van der Waals surface area contributed by atoms with Crippen molar-refractivity contribution < 1.29 is 4.79 Å². The number of nitrogens with two attached hydrogens (primary N) is 1. The van der Waals surface area contributed by atoms with Crippen LogP contribution in [0.2, 0.25) is 0 Å². The molecule has 0 aromatic heterocycles. The molecular formula is C14H22N2O. The van der Waals surface area contributed by atoms with E-state index in [9.17, 15) is 4.79 Å². The van der Waals surface area contributed by atoms with Gasteiger partial charge in [0.25, 0.3) is 0 Å². The van der Waals surface area contributed by atoms with E-state index in [1.165, 1.54) is 5.56 Å². The normalized spacial score (nSPS) is 12.5. The molecule has 0 radical (unpaired) electrons. The lowest BCUT2D eigenvalue weighted by Crippen LogP contribution is -2.31. The molecule has 1 unspecified atom stereocenters. The fourth-order valence-corrected chi connectivity index (χ4v) is 1.59. The van der Waals surface area contributed by atoms with Gasteiger partial charge in [0, 0.05) is 19.0 Å². The van der Waals surface area contributed by atoms with E-state index in [1.54, 1.807) is 0 Å². The van der Waals surface area contributed by atoms with Crippen molar-refractivity contribution in [2.45, 2.75) is 39.2 Å². The van der Waals surface area contributed by atoms with Crippen LogP contribution < -0.4 is 11.1 Å². The highest BCUT2D eigenvalue weighted by atomic mass is 16.1. The van der Waals surface area contributed by atoms with Crippen molar-refractivity contribution >= 4 is 5.91 Å². The van der Waals surface area contributed by atoms with Gasteiger partial charge in [-0.1, -0.05) is 45.0 Å². The molecule has 0 spiro atoms. The van der Waals surface area contributed by atoms with Crippen LogP contribution in [0, 0.1) is 0 Å². The molecule has 3 nitrogen and oxygen atoms in total. The van der Waals surface area contributed by atoms with E-state index in [0.717, 1.165) is 5.56 Å². The second-order valence-electron chi connectivity index (χ2n) is 4.59. The Morgan fingerprint density at radius 3 is 2.24 bits per heavy atom. The summed E-state index contributed by atoms with van der Waals surface area (Å²) in [6.07, 6.45) is 0.499. The predicted molar refractivity (Wildman–Crippen MR) is 70.8 cm³/mol. The van der Waals surface area contributed by atoms with Crippen LogP contribution in [0.1, 0.15) is 50.3 Å². The SMILES string of the molecule is CCC(=O)NCC(N)c1ccc(C(C)C)cc1. The van der Waals surface area contributed by atoms with Gasteiger partial charge in [-0.25, -0.2) is 0 Å². The molecule has 3 N–H and O–H groups in total. The first-order valence-corrected chi connectivity index (χ1v) is 6.16. The van der Waals surface area contributed by atoms with E-state index < -0.39 is 0 Å². The molecule has 0 bridgehead atoms. The summed E-state index contributed by atoms with van der Waals surface area (Å²) in [5, 5.41) is 2.80. The maximum Gasteiger partial charge on any atom is 0.219 e. The molecule has 1 aromatic carbocycles. The Bertz CT molecular complexity index is 357. The minimum Gasteiger partial charge on any atom is -0.354 e. The number of carbonyl (C=O) groups excluding carboxylic acids is 1. The zero-order valence-electron chi connectivity index (χ0n) is 10.9. The van der Waals surface area contributed by atoms with Gasteiger partial charge in [-0.3, -0.25) is 4.79 Å². The van der Waals surface area contributed by atoms with Gasteiger partial charge in [0.15, 0.2) is 0 Å². The second kappa shape index (κ2) is 6.40. The Hall–Kier alpha value is -1.35. The van der Waals surface area contributed by atoms with Gasteiger partial charge in [0.2, 0.25) is 5.91 Å². The third-order valence-corrected chi connectivity index (χ3v) is 2.87. The highest BCUT2D eigenvalue weighted by molar-refractivity contribution is 5.75. The molecule has 17 heavy (non-hydrogen) atoms. The van der Waals surface area contributed by atoms with Crippen LogP contribution in [-0.2, 0) is 4.79 Å².